The SMILES string of the molecule is C=C(C)c1nc(C)cc(C/C=C\C)n1. The van der Waals surface area contributed by atoms with Crippen molar-refractivity contribution < 1.29 is 0 Å². The molecule has 1 aromatic heterocycles. The van der Waals surface area contributed by atoms with E-state index in [4.69, 9.17) is 0 Å². The molecule has 1 heterocycles. The monoisotopic (exact) mass is 188 g/mol. The summed E-state index contributed by atoms with van der Waals surface area (Å²) >= 11 is 0. The minimum Gasteiger partial charge on any atom is -0.234 e. The van der Waals surface area contributed by atoms with Gasteiger partial charge in [-0.1, -0.05) is 18.7 Å². The van der Waals surface area contributed by atoms with Gasteiger partial charge in [0.05, 0.1) is 0 Å². The van der Waals surface area contributed by atoms with Crippen molar-refractivity contribution in [1.82, 2.24) is 9.97 Å². The molecule has 0 saturated heterocycles. The molecule has 0 aliphatic carbocycles. The van der Waals surface area contributed by atoms with E-state index in [0.717, 1.165) is 29.2 Å². The van der Waals surface area contributed by atoms with E-state index < -0.39 is 0 Å². The highest BCUT2D eigenvalue weighted by Gasteiger charge is 2.01. The van der Waals surface area contributed by atoms with Gasteiger partial charge in [-0.2, -0.15) is 0 Å². The molecular weight excluding hydrogens is 172 g/mol. The van der Waals surface area contributed by atoms with Gasteiger partial charge in [-0.3, -0.25) is 0 Å². The van der Waals surface area contributed by atoms with Crippen molar-refractivity contribution in [3.63, 3.8) is 0 Å². The first-order valence-corrected chi connectivity index (χ1v) is 4.75. The second-order valence-corrected chi connectivity index (χ2v) is 3.38. The Bertz CT molecular complexity index is 365. The number of hydrogen-bond acceptors (Lipinski definition) is 2. The number of aryl methyl sites for hydroxylation is 1. The van der Waals surface area contributed by atoms with Crippen LogP contribution >= 0.6 is 0 Å². The highest BCUT2D eigenvalue weighted by molar-refractivity contribution is 5.54. The molecule has 0 radical (unpaired) electrons. The van der Waals surface area contributed by atoms with Crippen LogP contribution in [0.5, 0.6) is 0 Å². The molecule has 0 fully saturated rings. The number of rotatable bonds is 3. The molecule has 0 aliphatic heterocycles. The molecule has 2 heteroatoms. The fraction of sp³-hybridized carbons (Fsp3) is 0.333. The molecule has 2 nitrogen and oxygen atoms in total. The van der Waals surface area contributed by atoms with Crippen LogP contribution in [0.25, 0.3) is 5.57 Å². The quantitative estimate of drug-likeness (QED) is 0.681. The van der Waals surface area contributed by atoms with Crippen LogP contribution in [0.2, 0.25) is 0 Å². The molecule has 74 valence electrons. The molecule has 14 heavy (non-hydrogen) atoms. The Kier molecular flexibility index (Phi) is 3.57. The van der Waals surface area contributed by atoms with E-state index in [1.165, 1.54) is 0 Å². The average molecular weight is 188 g/mol. The van der Waals surface area contributed by atoms with Crippen LogP contribution in [0.3, 0.4) is 0 Å². The topological polar surface area (TPSA) is 25.8 Å². The van der Waals surface area contributed by atoms with Gasteiger partial charge in [-0.15, -0.1) is 0 Å². The summed E-state index contributed by atoms with van der Waals surface area (Å²) in [5, 5.41) is 0. The maximum absolute atomic E-state index is 4.41. The zero-order valence-corrected chi connectivity index (χ0v) is 9.04. The average Bonchev–Trinajstić information content (AvgIpc) is 2.14. The van der Waals surface area contributed by atoms with E-state index in [2.05, 4.69) is 22.6 Å². The van der Waals surface area contributed by atoms with Crippen LogP contribution in [-0.4, -0.2) is 9.97 Å². The molecule has 0 atom stereocenters. The molecular formula is C12H16N2. The lowest BCUT2D eigenvalue weighted by atomic mass is 10.2. The number of nitrogens with zero attached hydrogens (tertiary/aromatic N) is 2. The summed E-state index contributed by atoms with van der Waals surface area (Å²) in [6.45, 7) is 9.76. The van der Waals surface area contributed by atoms with E-state index in [1.54, 1.807) is 0 Å². The third kappa shape index (κ3) is 2.80. The Morgan fingerprint density at radius 3 is 2.79 bits per heavy atom. The van der Waals surface area contributed by atoms with Crippen molar-refractivity contribution >= 4 is 5.57 Å². The second kappa shape index (κ2) is 4.70. The third-order valence-corrected chi connectivity index (χ3v) is 1.85. The van der Waals surface area contributed by atoms with Gasteiger partial charge < -0.3 is 0 Å². The number of allylic oxidation sites excluding steroid dienone is 3. The Labute approximate surface area is 85.4 Å². The first kappa shape index (κ1) is 10.6. The van der Waals surface area contributed by atoms with Crippen molar-refractivity contribution in [1.29, 1.82) is 0 Å². The molecule has 0 bridgehead atoms. The maximum Gasteiger partial charge on any atom is 0.154 e. The predicted molar refractivity (Wildman–Crippen MR) is 60.0 cm³/mol. The Morgan fingerprint density at radius 1 is 1.50 bits per heavy atom. The smallest absolute Gasteiger partial charge is 0.154 e. The van der Waals surface area contributed by atoms with Crippen molar-refractivity contribution in [2.45, 2.75) is 27.2 Å². The van der Waals surface area contributed by atoms with E-state index in [0.29, 0.717) is 0 Å². The summed E-state index contributed by atoms with van der Waals surface area (Å²) in [7, 11) is 0. The van der Waals surface area contributed by atoms with Crippen molar-refractivity contribution in [2.75, 3.05) is 0 Å². The Balaban J connectivity index is 3.00. The van der Waals surface area contributed by atoms with Crippen molar-refractivity contribution in [3.05, 3.63) is 42.0 Å². The molecule has 1 aromatic rings. The van der Waals surface area contributed by atoms with Gasteiger partial charge in [0.15, 0.2) is 5.82 Å². The first-order chi connectivity index (χ1) is 6.63. The van der Waals surface area contributed by atoms with Gasteiger partial charge in [0.25, 0.3) is 0 Å². The van der Waals surface area contributed by atoms with Gasteiger partial charge >= 0.3 is 0 Å². The van der Waals surface area contributed by atoms with Crippen LogP contribution in [0.4, 0.5) is 0 Å². The van der Waals surface area contributed by atoms with Crippen LogP contribution in [0, 0.1) is 6.92 Å². The molecule has 0 aromatic carbocycles. The summed E-state index contributed by atoms with van der Waals surface area (Å²) in [4.78, 5) is 8.72. The van der Waals surface area contributed by atoms with E-state index >= 15 is 0 Å². The third-order valence-electron chi connectivity index (χ3n) is 1.85. The molecule has 0 N–H and O–H groups in total. The van der Waals surface area contributed by atoms with Crippen LogP contribution in [-0.2, 0) is 6.42 Å². The van der Waals surface area contributed by atoms with Gasteiger partial charge in [0, 0.05) is 17.8 Å². The zero-order chi connectivity index (χ0) is 10.6. The van der Waals surface area contributed by atoms with Crippen molar-refractivity contribution in [2.24, 2.45) is 0 Å². The normalized spacial score (nSPS) is 10.8. The zero-order valence-electron chi connectivity index (χ0n) is 9.04. The highest BCUT2D eigenvalue weighted by Crippen LogP contribution is 2.08. The Morgan fingerprint density at radius 2 is 2.21 bits per heavy atom. The van der Waals surface area contributed by atoms with Crippen molar-refractivity contribution in [3.8, 4) is 0 Å². The van der Waals surface area contributed by atoms with Crippen LogP contribution in [0.15, 0.2) is 24.8 Å². The van der Waals surface area contributed by atoms with E-state index in [1.807, 2.05) is 32.9 Å². The Hall–Kier alpha value is -1.44. The minimum absolute atomic E-state index is 0.754. The van der Waals surface area contributed by atoms with Gasteiger partial charge in [0.1, 0.15) is 0 Å². The standard InChI is InChI=1S/C12H16N2/c1-5-6-7-11-8-10(4)13-12(14-11)9(2)3/h5-6,8H,2,7H2,1,3-4H3/b6-5-. The fourth-order valence-corrected chi connectivity index (χ4v) is 1.17. The molecule has 0 amide bonds. The molecule has 0 aliphatic rings. The summed E-state index contributed by atoms with van der Waals surface area (Å²) in [5.41, 5.74) is 2.96. The fourth-order valence-electron chi connectivity index (χ4n) is 1.17. The largest absolute Gasteiger partial charge is 0.234 e. The minimum atomic E-state index is 0.754. The number of aromatic nitrogens is 2. The van der Waals surface area contributed by atoms with Crippen LogP contribution in [0.1, 0.15) is 31.1 Å². The lowest BCUT2D eigenvalue weighted by Gasteiger charge is -2.03. The summed E-state index contributed by atoms with van der Waals surface area (Å²) in [5.74, 6) is 0.754. The number of hydrogen-bond donors (Lipinski definition) is 0. The van der Waals surface area contributed by atoms with E-state index in [-0.39, 0.29) is 0 Å². The van der Waals surface area contributed by atoms with Gasteiger partial charge in [-0.05, 0) is 32.4 Å². The van der Waals surface area contributed by atoms with Gasteiger partial charge in [-0.25, -0.2) is 9.97 Å². The lowest BCUT2D eigenvalue weighted by Crippen LogP contribution is -1.98. The summed E-state index contributed by atoms with van der Waals surface area (Å²) in [6.07, 6.45) is 4.97. The predicted octanol–water partition coefficient (Wildman–Crippen LogP) is 2.94. The van der Waals surface area contributed by atoms with Crippen LogP contribution < -0.4 is 0 Å². The molecule has 0 unspecified atom stereocenters. The molecule has 1 rings (SSSR count). The van der Waals surface area contributed by atoms with E-state index in [9.17, 15) is 0 Å². The second-order valence-electron chi connectivity index (χ2n) is 3.38. The lowest BCUT2D eigenvalue weighted by molar-refractivity contribution is 0.987. The molecule has 0 saturated carbocycles. The first-order valence-electron chi connectivity index (χ1n) is 4.75. The summed E-state index contributed by atoms with van der Waals surface area (Å²) < 4.78 is 0. The molecule has 0 spiro atoms. The summed E-state index contributed by atoms with van der Waals surface area (Å²) in [6, 6.07) is 2.01. The highest BCUT2D eigenvalue weighted by atomic mass is 14.9. The maximum atomic E-state index is 4.41. The van der Waals surface area contributed by atoms with Gasteiger partial charge in [0.2, 0.25) is 0 Å².